The Bertz CT molecular complexity index is 367. The molecule has 3 N–H and O–H groups in total. The zero-order valence-corrected chi connectivity index (χ0v) is 11.2. The quantitative estimate of drug-likeness (QED) is 0.619. The molecule has 2 heteroatoms. The van der Waals surface area contributed by atoms with Crippen molar-refractivity contribution in [2.75, 3.05) is 0 Å². The molecular weight excluding hydrogens is 208 g/mol. The number of aryl methyl sites for hydroxylation is 1. The lowest BCUT2D eigenvalue weighted by Gasteiger charge is -2.34. The second-order valence-electron chi connectivity index (χ2n) is 6.04. The normalized spacial score (nSPS) is 24.8. The first kappa shape index (κ1) is 12.6. The number of benzene rings is 1. The van der Waals surface area contributed by atoms with E-state index in [1.54, 1.807) is 0 Å². The van der Waals surface area contributed by atoms with Crippen LogP contribution in [0.2, 0.25) is 0 Å². The maximum absolute atomic E-state index is 5.79. The van der Waals surface area contributed by atoms with Crippen LogP contribution in [-0.2, 0) is 0 Å². The van der Waals surface area contributed by atoms with Crippen molar-refractivity contribution in [3.63, 3.8) is 0 Å². The van der Waals surface area contributed by atoms with Gasteiger partial charge >= 0.3 is 0 Å². The van der Waals surface area contributed by atoms with E-state index in [-0.39, 0.29) is 6.04 Å². The summed E-state index contributed by atoms with van der Waals surface area (Å²) in [6.07, 6.45) is 3.90. The standard InChI is InChI=1S/C15H24N2/c1-11-6-8-12(9-7-11)14(17-16)13-5-4-10-15(13,2)3/h6-9,13-14,17H,4-5,10,16H2,1-3H3. The first-order chi connectivity index (χ1) is 8.04. The van der Waals surface area contributed by atoms with Gasteiger partial charge in [-0.05, 0) is 36.7 Å². The SMILES string of the molecule is Cc1ccc(C(NN)C2CCCC2(C)C)cc1. The molecule has 1 aromatic rings. The van der Waals surface area contributed by atoms with Gasteiger partial charge in [0.15, 0.2) is 0 Å². The molecule has 1 fully saturated rings. The minimum Gasteiger partial charge on any atom is -0.271 e. The van der Waals surface area contributed by atoms with Crippen molar-refractivity contribution in [2.24, 2.45) is 17.2 Å². The molecule has 0 saturated heterocycles. The molecule has 0 aliphatic heterocycles. The molecule has 0 heterocycles. The van der Waals surface area contributed by atoms with Crippen LogP contribution < -0.4 is 11.3 Å². The van der Waals surface area contributed by atoms with Gasteiger partial charge in [-0.1, -0.05) is 50.1 Å². The van der Waals surface area contributed by atoms with Gasteiger partial charge in [0.2, 0.25) is 0 Å². The van der Waals surface area contributed by atoms with Gasteiger partial charge in [0.25, 0.3) is 0 Å². The smallest absolute Gasteiger partial charge is 0.0493 e. The van der Waals surface area contributed by atoms with Crippen LogP contribution >= 0.6 is 0 Å². The van der Waals surface area contributed by atoms with E-state index < -0.39 is 0 Å². The predicted molar refractivity (Wildman–Crippen MR) is 72.4 cm³/mol. The molecule has 1 saturated carbocycles. The zero-order valence-electron chi connectivity index (χ0n) is 11.2. The fourth-order valence-corrected chi connectivity index (χ4v) is 3.19. The minimum atomic E-state index is 0.285. The van der Waals surface area contributed by atoms with Crippen LogP contribution in [0.1, 0.15) is 50.3 Å². The van der Waals surface area contributed by atoms with E-state index in [0.29, 0.717) is 11.3 Å². The molecule has 2 nitrogen and oxygen atoms in total. The van der Waals surface area contributed by atoms with Crippen molar-refractivity contribution in [1.29, 1.82) is 0 Å². The maximum Gasteiger partial charge on any atom is 0.0493 e. The van der Waals surface area contributed by atoms with Crippen LogP contribution in [0.15, 0.2) is 24.3 Å². The summed E-state index contributed by atoms with van der Waals surface area (Å²) < 4.78 is 0. The third kappa shape index (κ3) is 2.53. The second-order valence-corrected chi connectivity index (χ2v) is 6.04. The van der Waals surface area contributed by atoms with E-state index in [2.05, 4.69) is 50.5 Å². The number of nitrogens with two attached hydrogens (primary N) is 1. The molecule has 2 rings (SSSR count). The van der Waals surface area contributed by atoms with E-state index in [9.17, 15) is 0 Å². The van der Waals surface area contributed by atoms with Gasteiger partial charge in [0.1, 0.15) is 0 Å². The summed E-state index contributed by atoms with van der Waals surface area (Å²) in [7, 11) is 0. The summed E-state index contributed by atoms with van der Waals surface area (Å²) in [5.74, 6) is 6.43. The van der Waals surface area contributed by atoms with E-state index in [1.807, 2.05) is 0 Å². The molecular formula is C15H24N2. The molecule has 2 unspecified atom stereocenters. The van der Waals surface area contributed by atoms with Crippen LogP contribution in [0.5, 0.6) is 0 Å². The molecule has 17 heavy (non-hydrogen) atoms. The fourth-order valence-electron chi connectivity index (χ4n) is 3.19. The van der Waals surface area contributed by atoms with Gasteiger partial charge in [-0.2, -0.15) is 0 Å². The Balaban J connectivity index is 2.24. The van der Waals surface area contributed by atoms with E-state index in [1.165, 1.54) is 30.4 Å². The lowest BCUT2D eigenvalue weighted by molar-refractivity contribution is 0.198. The Morgan fingerprint density at radius 3 is 2.41 bits per heavy atom. The number of hydrazine groups is 1. The van der Waals surface area contributed by atoms with Crippen LogP contribution in [0.4, 0.5) is 0 Å². The number of rotatable bonds is 3. The minimum absolute atomic E-state index is 0.285. The molecule has 0 aromatic heterocycles. The van der Waals surface area contributed by atoms with Crippen LogP contribution in [-0.4, -0.2) is 0 Å². The molecule has 1 aromatic carbocycles. The summed E-state index contributed by atoms with van der Waals surface area (Å²) in [4.78, 5) is 0. The molecule has 0 bridgehead atoms. The van der Waals surface area contributed by atoms with Crippen LogP contribution in [0.25, 0.3) is 0 Å². The largest absolute Gasteiger partial charge is 0.271 e. The van der Waals surface area contributed by atoms with Crippen LogP contribution in [0, 0.1) is 18.3 Å². The lowest BCUT2D eigenvalue weighted by atomic mass is 9.75. The average Bonchev–Trinajstić information content (AvgIpc) is 2.63. The maximum atomic E-state index is 5.79. The molecule has 0 spiro atoms. The van der Waals surface area contributed by atoms with Gasteiger partial charge in [0.05, 0.1) is 0 Å². The first-order valence-electron chi connectivity index (χ1n) is 6.57. The Morgan fingerprint density at radius 2 is 1.94 bits per heavy atom. The van der Waals surface area contributed by atoms with Crippen molar-refractivity contribution in [3.05, 3.63) is 35.4 Å². The summed E-state index contributed by atoms with van der Waals surface area (Å²) in [5.41, 5.74) is 6.04. The topological polar surface area (TPSA) is 38.0 Å². The lowest BCUT2D eigenvalue weighted by Crippen LogP contribution is -2.37. The van der Waals surface area contributed by atoms with Gasteiger partial charge in [-0.3, -0.25) is 11.3 Å². The van der Waals surface area contributed by atoms with E-state index in [4.69, 9.17) is 5.84 Å². The number of hydrogen-bond donors (Lipinski definition) is 2. The zero-order chi connectivity index (χ0) is 12.5. The van der Waals surface area contributed by atoms with Gasteiger partial charge < -0.3 is 0 Å². The highest BCUT2D eigenvalue weighted by Gasteiger charge is 2.39. The van der Waals surface area contributed by atoms with Crippen LogP contribution in [0.3, 0.4) is 0 Å². The molecule has 2 atom stereocenters. The second kappa shape index (κ2) is 4.79. The Hall–Kier alpha value is -0.860. The Kier molecular flexibility index (Phi) is 3.55. The highest BCUT2D eigenvalue weighted by molar-refractivity contribution is 5.25. The van der Waals surface area contributed by atoms with Crippen molar-refractivity contribution < 1.29 is 0 Å². The third-order valence-electron chi connectivity index (χ3n) is 4.36. The molecule has 1 aliphatic carbocycles. The van der Waals surface area contributed by atoms with E-state index in [0.717, 1.165) is 0 Å². The average molecular weight is 232 g/mol. The Morgan fingerprint density at radius 1 is 1.29 bits per heavy atom. The van der Waals surface area contributed by atoms with Gasteiger partial charge in [0, 0.05) is 6.04 Å². The highest BCUT2D eigenvalue weighted by Crippen LogP contribution is 2.48. The first-order valence-corrected chi connectivity index (χ1v) is 6.57. The van der Waals surface area contributed by atoms with Crippen molar-refractivity contribution in [2.45, 2.75) is 46.1 Å². The monoisotopic (exact) mass is 232 g/mol. The molecule has 1 aliphatic rings. The predicted octanol–water partition coefficient (Wildman–Crippen LogP) is 3.33. The Labute approximate surface area is 105 Å². The molecule has 0 amide bonds. The fraction of sp³-hybridized carbons (Fsp3) is 0.600. The molecule has 0 radical (unpaired) electrons. The summed E-state index contributed by atoms with van der Waals surface area (Å²) in [6, 6.07) is 9.03. The summed E-state index contributed by atoms with van der Waals surface area (Å²) in [6.45, 7) is 6.85. The summed E-state index contributed by atoms with van der Waals surface area (Å²) >= 11 is 0. The van der Waals surface area contributed by atoms with Gasteiger partial charge in [-0.25, -0.2) is 0 Å². The van der Waals surface area contributed by atoms with E-state index >= 15 is 0 Å². The van der Waals surface area contributed by atoms with Crippen molar-refractivity contribution >= 4 is 0 Å². The third-order valence-corrected chi connectivity index (χ3v) is 4.36. The highest BCUT2D eigenvalue weighted by atomic mass is 15.2. The molecule has 94 valence electrons. The summed E-state index contributed by atoms with van der Waals surface area (Å²) in [5, 5.41) is 0. The van der Waals surface area contributed by atoms with Gasteiger partial charge in [-0.15, -0.1) is 0 Å². The number of hydrogen-bond acceptors (Lipinski definition) is 2. The number of nitrogens with one attached hydrogen (secondary N) is 1. The van der Waals surface area contributed by atoms with Crippen molar-refractivity contribution in [3.8, 4) is 0 Å². The van der Waals surface area contributed by atoms with Crippen molar-refractivity contribution in [1.82, 2.24) is 5.43 Å².